The Balaban J connectivity index is 1.55. The summed E-state index contributed by atoms with van der Waals surface area (Å²) in [6, 6.07) is 14.1. The maximum Gasteiger partial charge on any atom is 0.251 e. The Morgan fingerprint density at radius 3 is 2.55 bits per heavy atom. The van der Waals surface area contributed by atoms with Crippen LogP contribution in [0.3, 0.4) is 0 Å². The average molecular weight is 425 g/mol. The van der Waals surface area contributed by atoms with E-state index in [-0.39, 0.29) is 30.4 Å². The quantitative estimate of drug-likeness (QED) is 0.584. The van der Waals surface area contributed by atoms with Crippen molar-refractivity contribution in [1.29, 1.82) is 0 Å². The molecule has 1 saturated carbocycles. The number of rotatable bonds is 8. The highest BCUT2D eigenvalue weighted by Crippen LogP contribution is 2.25. The lowest BCUT2D eigenvalue weighted by molar-refractivity contribution is -0.120. The zero-order valence-corrected chi connectivity index (χ0v) is 18.3. The minimum absolute atomic E-state index is 0.0242. The van der Waals surface area contributed by atoms with Crippen molar-refractivity contribution in [1.82, 2.24) is 5.32 Å². The van der Waals surface area contributed by atoms with Gasteiger partial charge in [0.05, 0.1) is 12.2 Å². The maximum absolute atomic E-state index is 12.6. The highest BCUT2D eigenvalue weighted by atomic mass is 16.5. The zero-order chi connectivity index (χ0) is 22.2. The number of aliphatic hydroxyl groups excluding tert-OH is 1. The van der Waals surface area contributed by atoms with E-state index in [1.807, 2.05) is 26.0 Å². The Kier molecular flexibility index (Phi) is 8.06. The minimum atomic E-state index is -0.853. The first kappa shape index (κ1) is 22.8. The first-order valence-corrected chi connectivity index (χ1v) is 11.1. The number of hydrogen-bond donors (Lipinski definition) is 3. The molecule has 31 heavy (non-hydrogen) atoms. The van der Waals surface area contributed by atoms with Crippen molar-refractivity contribution in [3.05, 3.63) is 59.7 Å². The first-order valence-electron chi connectivity index (χ1n) is 11.1. The molecule has 2 aromatic rings. The summed E-state index contributed by atoms with van der Waals surface area (Å²) < 4.78 is 5.66. The van der Waals surface area contributed by atoms with Crippen molar-refractivity contribution in [2.45, 2.75) is 58.2 Å². The van der Waals surface area contributed by atoms with Gasteiger partial charge in [-0.3, -0.25) is 9.59 Å². The molecule has 1 aliphatic carbocycles. The van der Waals surface area contributed by atoms with Gasteiger partial charge in [0.15, 0.2) is 0 Å². The van der Waals surface area contributed by atoms with E-state index in [1.165, 1.54) is 6.42 Å². The molecule has 1 fully saturated rings. The standard InChI is InChI=1S/C25H32N2O4/c1-17(2)31-22-13-7-10-19(15-22)23(28)16-26-24(29)20-11-6-12-21(14-20)27-25(30)18-8-4-3-5-9-18/h6-7,10-15,17-18,23,28H,3-5,8-9,16H2,1-2H3,(H,26,29)(H,27,30). The van der Waals surface area contributed by atoms with E-state index in [0.29, 0.717) is 22.6 Å². The molecular weight excluding hydrogens is 392 g/mol. The molecule has 0 saturated heterocycles. The molecular formula is C25H32N2O4. The van der Waals surface area contributed by atoms with E-state index in [2.05, 4.69) is 10.6 Å². The van der Waals surface area contributed by atoms with Crippen LogP contribution < -0.4 is 15.4 Å². The van der Waals surface area contributed by atoms with Crippen molar-refractivity contribution in [2.75, 3.05) is 11.9 Å². The van der Waals surface area contributed by atoms with Gasteiger partial charge in [-0.1, -0.05) is 37.5 Å². The zero-order valence-electron chi connectivity index (χ0n) is 18.3. The Morgan fingerprint density at radius 1 is 1.06 bits per heavy atom. The summed E-state index contributed by atoms with van der Waals surface area (Å²) in [5, 5.41) is 16.2. The Hall–Kier alpha value is -2.86. The van der Waals surface area contributed by atoms with Crippen LogP contribution in [0, 0.1) is 5.92 Å². The Morgan fingerprint density at radius 2 is 1.81 bits per heavy atom. The second-order valence-electron chi connectivity index (χ2n) is 8.37. The second-order valence-corrected chi connectivity index (χ2v) is 8.37. The van der Waals surface area contributed by atoms with Crippen LogP contribution in [0.1, 0.15) is 68.0 Å². The third kappa shape index (κ3) is 6.82. The summed E-state index contributed by atoms with van der Waals surface area (Å²) in [6.45, 7) is 3.95. The van der Waals surface area contributed by atoms with Crippen LogP contribution in [0.25, 0.3) is 0 Å². The molecule has 166 valence electrons. The number of carbonyl (C=O) groups is 2. The molecule has 6 heteroatoms. The number of nitrogens with one attached hydrogen (secondary N) is 2. The number of carbonyl (C=O) groups excluding carboxylic acids is 2. The normalized spacial score (nSPS) is 15.4. The fraction of sp³-hybridized carbons (Fsp3) is 0.440. The molecule has 2 aromatic carbocycles. The summed E-state index contributed by atoms with van der Waals surface area (Å²) in [5.41, 5.74) is 1.72. The van der Waals surface area contributed by atoms with Gasteiger partial charge >= 0.3 is 0 Å². The molecule has 1 aliphatic rings. The highest BCUT2D eigenvalue weighted by Gasteiger charge is 2.21. The fourth-order valence-corrected chi connectivity index (χ4v) is 3.82. The fourth-order valence-electron chi connectivity index (χ4n) is 3.82. The van der Waals surface area contributed by atoms with Gasteiger partial charge in [-0.05, 0) is 62.6 Å². The van der Waals surface area contributed by atoms with E-state index in [1.54, 1.807) is 36.4 Å². The number of amides is 2. The van der Waals surface area contributed by atoms with Crippen molar-refractivity contribution in [2.24, 2.45) is 5.92 Å². The largest absolute Gasteiger partial charge is 0.491 e. The van der Waals surface area contributed by atoms with Gasteiger partial charge < -0.3 is 20.5 Å². The van der Waals surface area contributed by atoms with Crippen LogP contribution in [0.15, 0.2) is 48.5 Å². The summed E-state index contributed by atoms with van der Waals surface area (Å²) in [4.78, 5) is 25.0. The van der Waals surface area contributed by atoms with E-state index in [4.69, 9.17) is 4.74 Å². The van der Waals surface area contributed by atoms with Gasteiger partial charge in [0.25, 0.3) is 5.91 Å². The lowest BCUT2D eigenvalue weighted by atomic mass is 9.88. The SMILES string of the molecule is CC(C)Oc1cccc(C(O)CNC(=O)c2cccc(NC(=O)C3CCCCC3)c2)c1. The molecule has 1 unspecified atom stereocenters. The van der Waals surface area contributed by atoms with Crippen molar-refractivity contribution in [3.63, 3.8) is 0 Å². The topological polar surface area (TPSA) is 87.7 Å². The predicted octanol–water partition coefficient (Wildman–Crippen LogP) is 4.46. The summed E-state index contributed by atoms with van der Waals surface area (Å²) in [7, 11) is 0. The number of hydrogen-bond acceptors (Lipinski definition) is 4. The van der Waals surface area contributed by atoms with Gasteiger partial charge in [-0.2, -0.15) is 0 Å². The van der Waals surface area contributed by atoms with Gasteiger partial charge in [0.1, 0.15) is 5.75 Å². The van der Waals surface area contributed by atoms with Gasteiger partial charge in [0, 0.05) is 23.7 Å². The molecule has 3 rings (SSSR count). The first-order chi connectivity index (χ1) is 14.9. The van der Waals surface area contributed by atoms with Crippen molar-refractivity contribution < 1.29 is 19.4 Å². The van der Waals surface area contributed by atoms with Crippen LogP contribution in [-0.2, 0) is 4.79 Å². The third-order valence-electron chi connectivity index (χ3n) is 5.44. The predicted molar refractivity (Wildman–Crippen MR) is 121 cm³/mol. The molecule has 0 spiro atoms. The Bertz CT molecular complexity index is 891. The molecule has 1 atom stereocenters. The maximum atomic E-state index is 12.6. The van der Waals surface area contributed by atoms with Crippen LogP contribution in [-0.4, -0.2) is 29.6 Å². The molecule has 3 N–H and O–H groups in total. The molecule has 0 radical (unpaired) electrons. The number of benzene rings is 2. The summed E-state index contributed by atoms with van der Waals surface area (Å²) in [5.74, 6) is 0.453. The van der Waals surface area contributed by atoms with E-state index in [9.17, 15) is 14.7 Å². The molecule has 0 bridgehead atoms. The molecule has 6 nitrogen and oxygen atoms in total. The van der Waals surface area contributed by atoms with Crippen LogP contribution >= 0.6 is 0 Å². The highest BCUT2D eigenvalue weighted by molar-refractivity contribution is 5.97. The van der Waals surface area contributed by atoms with E-state index < -0.39 is 6.10 Å². The summed E-state index contributed by atoms with van der Waals surface area (Å²) >= 11 is 0. The van der Waals surface area contributed by atoms with Crippen molar-refractivity contribution in [3.8, 4) is 5.75 Å². The van der Waals surface area contributed by atoms with Gasteiger partial charge in [-0.25, -0.2) is 0 Å². The second kappa shape index (κ2) is 11.0. The van der Waals surface area contributed by atoms with Crippen LogP contribution in [0.5, 0.6) is 5.75 Å². The molecule has 0 heterocycles. The third-order valence-corrected chi connectivity index (χ3v) is 5.44. The van der Waals surface area contributed by atoms with Gasteiger partial charge in [-0.15, -0.1) is 0 Å². The van der Waals surface area contributed by atoms with Gasteiger partial charge in [0.2, 0.25) is 5.91 Å². The summed E-state index contributed by atoms with van der Waals surface area (Å²) in [6.07, 6.45) is 4.41. The van der Waals surface area contributed by atoms with Crippen LogP contribution in [0.2, 0.25) is 0 Å². The Labute approximate surface area is 184 Å². The van der Waals surface area contributed by atoms with Crippen LogP contribution in [0.4, 0.5) is 5.69 Å². The molecule has 0 aromatic heterocycles. The lowest BCUT2D eigenvalue weighted by Crippen LogP contribution is -2.28. The number of aliphatic hydroxyl groups is 1. The smallest absolute Gasteiger partial charge is 0.251 e. The molecule has 0 aliphatic heterocycles. The van der Waals surface area contributed by atoms with E-state index >= 15 is 0 Å². The monoisotopic (exact) mass is 424 g/mol. The average Bonchev–Trinajstić information content (AvgIpc) is 2.77. The number of ether oxygens (including phenoxy) is 1. The molecule has 2 amide bonds. The minimum Gasteiger partial charge on any atom is -0.491 e. The van der Waals surface area contributed by atoms with Crippen molar-refractivity contribution >= 4 is 17.5 Å². The van der Waals surface area contributed by atoms with E-state index in [0.717, 1.165) is 25.7 Å². The number of anilines is 1. The lowest BCUT2D eigenvalue weighted by Gasteiger charge is -2.20.